The van der Waals surface area contributed by atoms with Gasteiger partial charge in [0.05, 0.1) is 5.69 Å². The fourth-order valence-electron chi connectivity index (χ4n) is 3.48. The number of amides is 1. The van der Waals surface area contributed by atoms with E-state index in [1.165, 1.54) is 18.5 Å². The van der Waals surface area contributed by atoms with Gasteiger partial charge in [0.15, 0.2) is 0 Å². The molecule has 0 saturated carbocycles. The van der Waals surface area contributed by atoms with Crippen LogP contribution in [0, 0.1) is 0 Å². The maximum atomic E-state index is 12.9. The molecule has 3 aromatic rings. The number of fused-ring (bicyclic) bond motifs is 1. The third kappa shape index (κ3) is 3.15. The zero-order valence-electron chi connectivity index (χ0n) is 14.7. The van der Waals surface area contributed by atoms with Crippen LogP contribution in [0.5, 0.6) is 0 Å². The van der Waals surface area contributed by atoms with E-state index in [1.807, 2.05) is 19.1 Å². The monoisotopic (exact) mass is 368 g/mol. The van der Waals surface area contributed by atoms with E-state index >= 15 is 0 Å². The molecular weight excluding hydrogens is 348 g/mol. The van der Waals surface area contributed by atoms with Gasteiger partial charge in [-0.25, -0.2) is 4.98 Å². The molecular formula is C20H21ClN4O. The highest BCUT2D eigenvalue weighted by Gasteiger charge is 2.19. The van der Waals surface area contributed by atoms with Crippen molar-refractivity contribution in [3.8, 4) is 0 Å². The highest BCUT2D eigenvalue weighted by molar-refractivity contribution is 6.30. The smallest absolute Gasteiger partial charge is 0.274 e. The Morgan fingerprint density at radius 3 is 2.62 bits per heavy atom. The number of aryl methyl sites for hydroxylation is 1. The Morgan fingerprint density at radius 1 is 1.19 bits per heavy atom. The van der Waals surface area contributed by atoms with E-state index < -0.39 is 0 Å². The molecule has 0 unspecified atom stereocenters. The molecule has 134 valence electrons. The molecule has 1 aliphatic rings. The lowest BCUT2D eigenvalue weighted by molar-refractivity contribution is 0.102. The van der Waals surface area contributed by atoms with Crippen molar-refractivity contribution >= 4 is 34.5 Å². The molecule has 1 N–H and O–H groups in total. The number of anilines is 2. The van der Waals surface area contributed by atoms with Crippen LogP contribution in [0.1, 0.15) is 35.9 Å². The Kier molecular flexibility index (Phi) is 4.55. The molecule has 2 aromatic heterocycles. The first-order valence-corrected chi connectivity index (χ1v) is 9.36. The van der Waals surface area contributed by atoms with Gasteiger partial charge < -0.3 is 10.2 Å². The number of hydrogen-bond acceptors (Lipinski definition) is 3. The first-order chi connectivity index (χ1) is 12.7. The number of rotatable bonds is 4. The van der Waals surface area contributed by atoms with E-state index in [2.05, 4.69) is 27.3 Å². The van der Waals surface area contributed by atoms with E-state index in [-0.39, 0.29) is 5.91 Å². The highest BCUT2D eigenvalue weighted by atomic mass is 35.5. The lowest BCUT2D eigenvalue weighted by Crippen LogP contribution is -2.18. The minimum absolute atomic E-state index is 0.161. The lowest BCUT2D eigenvalue weighted by Gasteiger charge is -2.17. The average Bonchev–Trinajstić information content (AvgIpc) is 3.29. The number of nitrogens with zero attached hydrogens (tertiary/aromatic N) is 3. The van der Waals surface area contributed by atoms with Crippen LogP contribution < -0.4 is 10.2 Å². The summed E-state index contributed by atoms with van der Waals surface area (Å²) < 4.78 is 1.79. The summed E-state index contributed by atoms with van der Waals surface area (Å²) in [6, 6.07) is 11.6. The standard InChI is InChI=1S/C20H21ClN4O/c1-2-17-19(25-12-9-14(21)13-18(25)23-17)20(26)22-15-5-7-16(8-6-15)24-10-3-4-11-24/h5-9,12-13H,2-4,10-11H2,1H3,(H,22,26). The molecule has 26 heavy (non-hydrogen) atoms. The second-order valence-electron chi connectivity index (χ2n) is 6.53. The summed E-state index contributed by atoms with van der Waals surface area (Å²) >= 11 is 6.04. The van der Waals surface area contributed by atoms with Gasteiger partial charge in [0.25, 0.3) is 5.91 Å². The summed E-state index contributed by atoms with van der Waals surface area (Å²) in [4.78, 5) is 19.8. The maximum absolute atomic E-state index is 12.9. The number of halogens is 1. The van der Waals surface area contributed by atoms with Gasteiger partial charge in [-0.3, -0.25) is 9.20 Å². The van der Waals surface area contributed by atoms with Crippen molar-refractivity contribution in [1.29, 1.82) is 0 Å². The van der Waals surface area contributed by atoms with Gasteiger partial charge in [-0.15, -0.1) is 0 Å². The van der Waals surface area contributed by atoms with Crippen LogP contribution in [0.25, 0.3) is 5.65 Å². The summed E-state index contributed by atoms with van der Waals surface area (Å²) in [7, 11) is 0. The normalized spacial score (nSPS) is 14.2. The molecule has 1 aromatic carbocycles. The third-order valence-electron chi connectivity index (χ3n) is 4.81. The predicted molar refractivity (Wildman–Crippen MR) is 105 cm³/mol. The van der Waals surface area contributed by atoms with E-state index in [4.69, 9.17) is 11.6 Å². The van der Waals surface area contributed by atoms with Crippen LogP contribution in [0.2, 0.25) is 5.02 Å². The first-order valence-electron chi connectivity index (χ1n) is 8.98. The van der Waals surface area contributed by atoms with Crippen LogP contribution in [-0.4, -0.2) is 28.4 Å². The average molecular weight is 369 g/mol. The van der Waals surface area contributed by atoms with Crippen LogP contribution in [0.4, 0.5) is 11.4 Å². The minimum atomic E-state index is -0.161. The van der Waals surface area contributed by atoms with Gasteiger partial charge in [0.1, 0.15) is 11.3 Å². The van der Waals surface area contributed by atoms with Gasteiger partial charge in [-0.1, -0.05) is 18.5 Å². The Labute approximate surface area is 157 Å². The number of hydrogen-bond donors (Lipinski definition) is 1. The molecule has 1 amide bonds. The molecule has 0 spiro atoms. The van der Waals surface area contributed by atoms with Crippen LogP contribution in [0.3, 0.4) is 0 Å². The molecule has 1 saturated heterocycles. The summed E-state index contributed by atoms with van der Waals surface area (Å²) in [5.41, 5.74) is 3.99. The van der Waals surface area contributed by atoms with Crippen molar-refractivity contribution < 1.29 is 4.79 Å². The summed E-state index contributed by atoms with van der Waals surface area (Å²) in [6.07, 6.45) is 4.96. The summed E-state index contributed by atoms with van der Waals surface area (Å²) in [6.45, 7) is 4.21. The zero-order valence-corrected chi connectivity index (χ0v) is 15.5. The van der Waals surface area contributed by atoms with E-state index in [0.29, 0.717) is 22.8 Å². The number of aromatic nitrogens is 2. The summed E-state index contributed by atoms with van der Waals surface area (Å²) in [5.74, 6) is -0.161. The molecule has 0 atom stereocenters. The van der Waals surface area contributed by atoms with Gasteiger partial charge in [0, 0.05) is 41.8 Å². The third-order valence-corrected chi connectivity index (χ3v) is 5.04. The van der Waals surface area contributed by atoms with E-state index in [0.717, 1.165) is 24.5 Å². The second kappa shape index (κ2) is 7.00. The lowest BCUT2D eigenvalue weighted by atomic mass is 10.2. The second-order valence-corrected chi connectivity index (χ2v) is 6.97. The number of pyridine rings is 1. The Morgan fingerprint density at radius 2 is 1.92 bits per heavy atom. The molecule has 0 aliphatic carbocycles. The zero-order chi connectivity index (χ0) is 18.1. The van der Waals surface area contributed by atoms with Gasteiger partial charge in [-0.2, -0.15) is 0 Å². The molecule has 6 heteroatoms. The molecule has 1 fully saturated rings. The van der Waals surface area contributed by atoms with Crippen LogP contribution in [0.15, 0.2) is 42.6 Å². The van der Waals surface area contributed by atoms with Crippen molar-refractivity contribution in [2.24, 2.45) is 0 Å². The fourth-order valence-corrected chi connectivity index (χ4v) is 3.63. The van der Waals surface area contributed by atoms with Crippen LogP contribution >= 0.6 is 11.6 Å². The van der Waals surface area contributed by atoms with Crippen molar-refractivity contribution in [1.82, 2.24) is 9.38 Å². The van der Waals surface area contributed by atoms with E-state index in [9.17, 15) is 4.79 Å². The first kappa shape index (κ1) is 16.9. The van der Waals surface area contributed by atoms with Crippen molar-refractivity contribution in [3.63, 3.8) is 0 Å². The van der Waals surface area contributed by atoms with Crippen molar-refractivity contribution in [3.05, 3.63) is 59.0 Å². The van der Waals surface area contributed by atoms with E-state index in [1.54, 1.807) is 22.7 Å². The summed E-state index contributed by atoms with van der Waals surface area (Å²) in [5, 5.41) is 3.60. The van der Waals surface area contributed by atoms with Gasteiger partial charge in [-0.05, 0) is 49.6 Å². The molecule has 4 rings (SSSR count). The SMILES string of the molecule is CCc1nc2cc(Cl)ccn2c1C(=O)Nc1ccc(N2CCCC2)cc1. The number of nitrogens with one attached hydrogen (secondary N) is 1. The molecule has 1 aliphatic heterocycles. The Hall–Kier alpha value is -2.53. The Balaban J connectivity index is 1.59. The number of imidazole rings is 1. The molecule has 5 nitrogen and oxygen atoms in total. The largest absolute Gasteiger partial charge is 0.372 e. The number of benzene rings is 1. The highest BCUT2D eigenvalue weighted by Crippen LogP contribution is 2.23. The minimum Gasteiger partial charge on any atom is -0.372 e. The van der Waals surface area contributed by atoms with Crippen molar-refractivity contribution in [2.45, 2.75) is 26.2 Å². The molecule has 0 radical (unpaired) electrons. The number of carbonyl (C=O) groups is 1. The van der Waals surface area contributed by atoms with Gasteiger partial charge in [0.2, 0.25) is 0 Å². The maximum Gasteiger partial charge on any atom is 0.274 e. The predicted octanol–water partition coefficient (Wildman–Crippen LogP) is 4.40. The Bertz CT molecular complexity index is 942. The van der Waals surface area contributed by atoms with Crippen LogP contribution in [-0.2, 0) is 6.42 Å². The molecule has 3 heterocycles. The molecule has 0 bridgehead atoms. The number of carbonyl (C=O) groups excluding carboxylic acids is 1. The van der Waals surface area contributed by atoms with Crippen molar-refractivity contribution in [2.75, 3.05) is 23.3 Å². The topological polar surface area (TPSA) is 49.6 Å². The van der Waals surface area contributed by atoms with Gasteiger partial charge >= 0.3 is 0 Å². The fraction of sp³-hybridized carbons (Fsp3) is 0.300. The quantitative estimate of drug-likeness (QED) is 0.742.